The van der Waals surface area contributed by atoms with Gasteiger partial charge in [-0.25, -0.2) is 0 Å². The summed E-state index contributed by atoms with van der Waals surface area (Å²) in [6, 6.07) is -0.809. The van der Waals surface area contributed by atoms with Gasteiger partial charge in [0.15, 0.2) is 0 Å². The molecule has 5 nitrogen and oxygen atoms in total. The molecule has 0 rings (SSSR count). The SMILES string of the molecule is CCCCCCCCCC/C=C\CCCCCCCCCC(=O)NC(CO)C(O)C(O)CCCCCCCCCCCCCCCCCCCCCCCC. The average Bonchev–Trinajstić information content (AvgIpc) is 3.19. The van der Waals surface area contributed by atoms with Crippen LogP contribution >= 0.6 is 0 Å². The highest BCUT2D eigenvalue weighted by molar-refractivity contribution is 5.76. The van der Waals surface area contributed by atoms with Crippen LogP contribution in [-0.2, 0) is 4.79 Å². The molecular weight excluding hydrogens is 679 g/mol. The van der Waals surface area contributed by atoms with Crippen LogP contribution in [0.1, 0.15) is 277 Å². The van der Waals surface area contributed by atoms with Gasteiger partial charge in [-0.2, -0.15) is 0 Å². The van der Waals surface area contributed by atoms with Crippen molar-refractivity contribution in [2.45, 2.75) is 295 Å². The zero-order valence-corrected chi connectivity index (χ0v) is 37.3. The lowest BCUT2D eigenvalue weighted by Crippen LogP contribution is -2.50. The average molecular weight is 778 g/mol. The molecule has 0 bridgehead atoms. The molecule has 55 heavy (non-hydrogen) atoms. The van der Waals surface area contributed by atoms with Crippen molar-refractivity contribution in [3.05, 3.63) is 12.2 Å². The summed E-state index contributed by atoms with van der Waals surface area (Å²) >= 11 is 0. The van der Waals surface area contributed by atoms with Crippen molar-refractivity contribution in [3.63, 3.8) is 0 Å². The van der Waals surface area contributed by atoms with E-state index in [-0.39, 0.29) is 12.5 Å². The first-order valence-electron chi connectivity index (χ1n) is 25.0. The van der Waals surface area contributed by atoms with E-state index in [2.05, 4.69) is 31.3 Å². The van der Waals surface area contributed by atoms with E-state index in [1.165, 1.54) is 218 Å². The Hall–Kier alpha value is -0.910. The van der Waals surface area contributed by atoms with Crippen LogP contribution < -0.4 is 5.32 Å². The molecule has 0 saturated heterocycles. The number of allylic oxidation sites excluding steroid dienone is 2. The maximum Gasteiger partial charge on any atom is 0.220 e. The number of carbonyl (C=O) groups excluding carboxylic acids is 1. The molecule has 0 aromatic rings. The standard InChI is InChI=1S/C50H99NO4/c1-3-5-7-9-11-13-15-17-19-21-23-24-25-27-28-30-32-34-36-38-40-42-44-48(53)50(55)47(46-52)51-49(54)45-43-41-39-37-35-33-31-29-26-22-20-18-16-14-12-10-8-6-4-2/h22,26,47-48,50,52-53,55H,3-21,23-25,27-46H2,1-2H3,(H,51,54)/b26-22-. The second-order valence-corrected chi connectivity index (χ2v) is 17.4. The Labute approximate surface area is 344 Å². The zero-order valence-electron chi connectivity index (χ0n) is 37.3. The maximum absolute atomic E-state index is 12.5. The first-order valence-corrected chi connectivity index (χ1v) is 25.0. The minimum atomic E-state index is -1.14. The van der Waals surface area contributed by atoms with E-state index >= 15 is 0 Å². The molecule has 4 N–H and O–H groups in total. The normalized spacial score (nSPS) is 13.5. The van der Waals surface area contributed by atoms with Crippen molar-refractivity contribution in [2.24, 2.45) is 0 Å². The lowest BCUT2D eigenvalue weighted by molar-refractivity contribution is -0.124. The van der Waals surface area contributed by atoms with Gasteiger partial charge in [-0.3, -0.25) is 4.79 Å². The van der Waals surface area contributed by atoms with Crippen molar-refractivity contribution in [2.75, 3.05) is 6.61 Å². The predicted octanol–water partition coefficient (Wildman–Crippen LogP) is 14.8. The van der Waals surface area contributed by atoms with Crippen LogP contribution in [0.15, 0.2) is 12.2 Å². The Bertz CT molecular complexity index is 773. The molecule has 0 spiro atoms. The van der Waals surface area contributed by atoms with Gasteiger partial charge in [0.25, 0.3) is 0 Å². The fourth-order valence-corrected chi connectivity index (χ4v) is 7.98. The van der Waals surface area contributed by atoms with Gasteiger partial charge in [-0.05, 0) is 38.5 Å². The van der Waals surface area contributed by atoms with Crippen LogP contribution in [0.5, 0.6) is 0 Å². The molecule has 0 aromatic heterocycles. The second-order valence-electron chi connectivity index (χ2n) is 17.4. The number of carbonyl (C=O) groups is 1. The smallest absolute Gasteiger partial charge is 0.220 e. The maximum atomic E-state index is 12.5. The molecule has 0 saturated carbocycles. The number of aliphatic hydroxyl groups is 3. The largest absolute Gasteiger partial charge is 0.394 e. The van der Waals surface area contributed by atoms with E-state index in [1.807, 2.05) is 0 Å². The fraction of sp³-hybridized carbons (Fsp3) is 0.940. The van der Waals surface area contributed by atoms with Gasteiger partial charge in [0.2, 0.25) is 5.91 Å². The van der Waals surface area contributed by atoms with E-state index in [1.54, 1.807) is 0 Å². The number of nitrogens with one attached hydrogen (secondary N) is 1. The molecule has 0 radical (unpaired) electrons. The Morgan fingerprint density at radius 1 is 0.436 bits per heavy atom. The van der Waals surface area contributed by atoms with E-state index in [0.717, 1.165) is 32.1 Å². The molecule has 1 amide bonds. The molecular formula is C50H99NO4. The Morgan fingerprint density at radius 2 is 0.727 bits per heavy atom. The summed E-state index contributed by atoms with van der Waals surface area (Å²) in [4.78, 5) is 12.5. The summed E-state index contributed by atoms with van der Waals surface area (Å²) in [6.07, 6.45) is 54.8. The van der Waals surface area contributed by atoms with Crippen LogP contribution in [0.3, 0.4) is 0 Å². The molecule has 5 heteroatoms. The molecule has 0 aliphatic rings. The summed E-state index contributed by atoms with van der Waals surface area (Å²) < 4.78 is 0. The zero-order chi connectivity index (χ0) is 40.1. The monoisotopic (exact) mass is 778 g/mol. The molecule has 0 fully saturated rings. The van der Waals surface area contributed by atoms with Crippen LogP contribution in [0.4, 0.5) is 0 Å². The quantitative estimate of drug-likeness (QED) is 0.0366. The lowest BCUT2D eigenvalue weighted by atomic mass is 9.99. The highest BCUT2D eigenvalue weighted by atomic mass is 16.3. The molecule has 0 heterocycles. The first-order chi connectivity index (χ1) is 27.1. The van der Waals surface area contributed by atoms with E-state index in [4.69, 9.17) is 0 Å². The van der Waals surface area contributed by atoms with Crippen LogP contribution in [-0.4, -0.2) is 46.1 Å². The summed E-state index contributed by atoms with van der Waals surface area (Å²) in [6.45, 7) is 4.20. The van der Waals surface area contributed by atoms with Gasteiger partial charge >= 0.3 is 0 Å². The number of unbranched alkanes of at least 4 members (excludes halogenated alkanes) is 36. The van der Waals surface area contributed by atoms with Gasteiger partial charge in [-0.15, -0.1) is 0 Å². The number of aliphatic hydroxyl groups excluding tert-OH is 3. The Kier molecular flexibility index (Phi) is 45.0. The third-order valence-electron chi connectivity index (χ3n) is 11.9. The summed E-state index contributed by atoms with van der Waals surface area (Å²) in [7, 11) is 0. The molecule has 0 aliphatic carbocycles. The lowest BCUT2D eigenvalue weighted by Gasteiger charge is -2.26. The summed E-state index contributed by atoms with van der Waals surface area (Å²) in [5, 5.41) is 33.7. The van der Waals surface area contributed by atoms with Crippen molar-refractivity contribution in [1.29, 1.82) is 0 Å². The third kappa shape index (κ3) is 41.1. The predicted molar refractivity (Wildman–Crippen MR) is 241 cm³/mol. The minimum Gasteiger partial charge on any atom is -0.394 e. The first kappa shape index (κ1) is 54.1. The van der Waals surface area contributed by atoms with Gasteiger partial charge in [0, 0.05) is 6.42 Å². The molecule has 3 unspecified atom stereocenters. The van der Waals surface area contributed by atoms with Crippen molar-refractivity contribution in [1.82, 2.24) is 5.32 Å². The topological polar surface area (TPSA) is 89.8 Å². The fourth-order valence-electron chi connectivity index (χ4n) is 7.98. The molecule has 3 atom stereocenters. The van der Waals surface area contributed by atoms with Gasteiger partial charge in [0.1, 0.15) is 6.10 Å². The van der Waals surface area contributed by atoms with E-state index < -0.39 is 18.2 Å². The van der Waals surface area contributed by atoms with E-state index in [0.29, 0.717) is 12.8 Å². The highest BCUT2D eigenvalue weighted by Crippen LogP contribution is 2.17. The van der Waals surface area contributed by atoms with Gasteiger partial charge in [0.05, 0.1) is 18.8 Å². The summed E-state index contributed by atoms with van der Waals surface area (Å²) in [5.74, 6) is -0.145. The third-order valence-corrected chi connectivity index (χ3v) is 11.9. The summed E-state index contributed by atoms with van der Waals surface area (Å²) in [5.41, 5.74) is 0. The van der Waals surface area contributed by atoms with Crippen molar-refractivity contribution >= 4 is 5.91 Å². The number of amides is 1. The molecule has 0 aromatic carbocycles. The Morgan fingerprint density at radius 3 is 1.05 bits per heavy atom. The van der Waals surface area contributed by atoms with Gasteiger partial charge < -0.3 is 20.6 Å². The van der Waals surface area contributed by atoms with E-state index in [9.17, 15) is 20.1 Å². The van der Waals surface area contributed by atoms with Gasteiger partial charge in [-0.1, -0.05) is 244 Å². The number of rotatable bonds is 46. The molecule has 328 valence electrons. The second kappa shape index (κ2) is 45.8. The number of hydrogen-bond acceptors (Lipinski definition) is 4. The minimum absolute atomic E-state index is 0.145. The Balaban J connectivity index is 3.56. The highest BCUT2D eigenvalue weighted by Gasteiger charge is 2.26. The van der Waals surface area contributed by atoms with Crippen LogP contribution in [0.2, 0.25) is 0 Å². The molecule has 0 aliphatic heterocycles. The number of hydrogen-bond donors (Lipinski definition) is 4. The van der Waals surface area contributed by atoms with Crippen LogP contribution in [0.25, 0.3) is 0 Å². The van der Waals surface area contributed by atoms with Crippen molar-refractivity contribution < 1.29 is 20.1 Å². The van der Waals surface area contributed by atoms with Crippen LogP contribution in [0, 0.1) is 0 Å². The van der Waals surface area contributed by atoms with Crippen molar-refractivity contribution in [3.8, 4) is 0 Å².